The van der Waals surface area contributed by atoms with E-state index in [0.29, 0.717) is 34.9 Å². The molecular weight excluding hydrogens is 354 g/mol. The molecule has 1 saturated carbocycles. The van der Waals surface area contributed by atoms with Gasteiger partial charge in [-0.05, 0) is 65.0 Å². The lowest BCUT2D eigenvalue weighted by molar-refractivity contribution is 0.290. The molecule has 1 heterocycles. The van der Waals surface area contributed by atoms with Crippen LogP contribution in [0.15, 0.2) is 34.8 Å². The van der Waals surface area contributed by atoms with Gasteiger partial charge in [0, 0.05) is 10.2 Å². The van der Waals surface area contributed by atoms with Gasteiger partial charge in [0.2, 0.25) is 5.88 Å². The third kappa shape index (κ3) is 3.80. The SMILES string of the molecule is Nc1ccc(Nc2ccc(Cl)c(Br)c2)nc1OCC1CC1. The minimum Gasteiger partial charge on any atom is -0.476 e. The van der Waals surface area contributed by atoms with Crippen LogP contribution in [-0.4, -0.2) is 11.6 Å². The molecule has 0 spiro atoms. The first-order valence-electron chi connectivity index (χ1n) is 6.73. The van der Waals surface area contributed by atoms with E-state index in [-0.39, 0.29) is 0 Å². The van der Waals surface area contributed by atoms with Crippen molar-refractivity contribution in [1.82, 2.24) is 4.98 Å². The van der Waals surface area contributed by atoms with Crippen LogP contribution in [0.4, 0.5) is 17.2 Å². The number of nitrogen functional groups attached to an aromatic ring is 1. The Kier molecular flexibility index (Phi) is 4.22. The van der Waals surface area contributed by atoms with Crippen LogP contribution >= 0.6 is 27.5 Å². The second-order valence-electron chi connectivity index (χ2n) is 5.10. The number of ether oxygens (including phenoxy) is 1. The maximum absolute atomic E-state index is 5.98. The lowest BCUT2D eigenvalue weighted by Crippen LogP contribution is -2.05. The molecule has 0 aliphatic heterocycles. The lowest BCUT2D eigenvalue weighted by atomic mass is 10.3. The van der Waals surface area contributed by atoms with Crippen LogP contribution in [0.3, 0.4) is 0 Å². The molecule has 1 aromatic carbocycles. The number of nitrogens with two attached hydrogens (primary N) is 1. The zero-order valence-electron chi connectivity index (χ0n) is 11.3. The second-order valence-corrected chi connectivity index (χ2v) is 6.36. The normalized spacial score (nSPS) is 14.0. The van der Waals surface area contributed by atoms with Gasteiger partial charge in [-0.3, -0.25) is 0 Å². The molecule has 4 nitrogen and oxygen atoms in total. The van der Waals surface area contributed by atoms with Crippen molar-refractivity contribution in [1.29, 1.82) is 0 Å². The van der Waals surface area contributed by atoms with E-state index >= 15 is 0 Å². The molecule has 0 amide bonds. The van der Waals surface area contributed by atoms with Gasteiger partial charge in [0.1, 0.15) is 5.82 Å². The molecule has 1 aliphatic rings. The first-order valence-corrected chi connectivity index (χ1v) is 7.90. The molecule has 1 aromatic heterocycles. The van der Waals surface area contributed by atoms with E-state index in [9.17, 15) is 0 Å². The molecule has 1 fully saturated rings. The first-order chi connectivity index (χ1) is 10.1. The highest BCUT2D eigenvalue weighted by atomic mass is 79.9. The molecule has 0 radical (unpaired) electrons. The molecule has 6 heteroatoms. The fraction of sp³-hybridized carbons (Fsp3) is 0.267. The Hall–Kier alpha value is -1.46. The Morgan fingerprint density at radius 3 is 2.86 bits per heavy atom. The summed E-state index contributed by atoms with van der Waals surface area (Å²) in [6.45, 7) is 0.688. The van der Waals surface area contributed by atoms with E-state index in [4.69, 9.17) is 22.1 Å². The Morgan fingerprint density at radius 2 is 2.14 bits per heavy atom. The molecule has 3 rings (SSSR count). The summed E-state index contributed by atoms with van der Waals surface area (Å²) in [6.07, 6.45) is 2.47. The van der Waals surface area contributed by atoms with Crippen molar-refractivity contribution < 1.29 is 4.74 Å². The average molecular weight is 369 g/mol. The van der Waals surface area contributed by atoms with Crippen molar-refractivity contribution in [2.45, 2.75) is 12.8 Å². The average Bonchev–Trinajstić information content (AvgIpc) is 3.28. The molecule has 2 aromatic rings. The Labute approximate surface area is 136 Å². The number of rotatable bonds is 5. The maximum atomic E-state index is 5.98. The van der Waals surface area contributed by atoms with Crippen molar-refractivity contribution >= 4 is 44.7 Å². The quantitative estimate of drug-likeness (QED) is 0.809. The van der Waals surface area contributed by atoms with Gasteiger partial charge >= 0.3 is 0 Å². The third-order valence-corrected chi connectivity index (χ3v) is 4.45. The summed E-state index contributed by atoms with van der Waals surface area (Å²) in [4.78, 5) is 4.41. The van der Waals surface area contributed by atoms with Crippen LogP contribution in [0, 0.1) is 5.92 Å². The fourth-order valence-corrected chi connectivity index (χ4v) is 2.34. The van der Waals surface area contributed by atoms with Gasteiger partial charge in [0.15, 0.2) is 0 Å². The number of anilines is 3. The fourth-order valence-electron chi connectivity index (χ4n) is 1.84. The lowest BCUT2D eigenvalue weighted by Gasteiger charge is -2.11. The van der Waals surface area contributed by atoms with E-state index in [1.165, 1.54) is 12.8 Å². The zero-order valence-corrected chi connectivity index (χ0v) is 13.6. The van der Waals surface area contributed by atoms with Crippen molar-refractivity contribution in [3.05, 3.63) is 39.8 Å². The number of aromatic nitrogens is 1. The van der Waals surface area contributed by atoms with Crippen LogP contribution in [-0.2, 0) is 0 Å². The molecule has 0 bridgehead atoms. The number of benzene rings is 1. The highest BCUT2D eigenvalue weighted by molar-refractivity contribution is 9.10. The zero-order chi connectivity index (χ0) is 14.8. The van der Waals surface area contributed by atoms with Gasteiger partial charge in [0.25, 0.3) is 0 Å². The third-order valence-electron chi connectivity index (χ3n) is 3.23. The number of halogens is 2. The molecule has 1 aliphatic carbocycles. The molecular formula is C15H15BrClN3O. The van der Waals surface area contributed by atoms with Crippen molar-refractivity contribution in [2.75, 3.05) is 17.7 Å². The van der Waals surface area contributed by atoms with E-state index < -0.39 is 0 Å². The molecule has 0 saturated heterocycles. The van der Waals surface area contributed by atoms with Gasteiger partial charge in [-0.2, -0.15) is 4.98 Å². The molecule has 0 unspecified atom stereocenters. The van der Waals surface area contributed by atoms with Crippen molar-refractivity contribution in [3.8, 4) is 5.88 Å². The van der Waals surface area contributed by atoms with Crippen LogP contribution in [0.5, 0.6) is 5.88 Å². The first kappa shape index (κ1) is 14.5. The molecule has 110 valence electrons. The summed E-state index contributed by atoms with van der Waals surface area (Å²) >= 11 is 9.38. The standard InChI is InChI=1S/C15H15BrClN3O/c16-11-7-10(3-4-12(11)17)19-14-6-5-13(18)15(20-14)21-8-9-1-2-9/h3-7,9H,1-2,8,18H2,(H,19,20). The van der Waals surface area contributed by atoms with Crippen LogP contribution < -0.4 is 15.8 Å². The minimum atomic E-state index is 0.486. The molecule has 3 N–H and O–H groups in total. The number of hydrogen-bond acceptors (Lipinski definition) is 4. The second kappa shape index (κ2) is 6.12. The number of nitrogens with zero attached hydrogens (tertiary/aromatic N) is 1. The maximum Gasteiger partial charge on any atom is 0.239 e. The van der Waals surface area contributed by atoms with Crippen LogP contribution in [0.2, 0.25) is 5.02 Å². The number of hydrogen-bond donors (Lipinski definition) is 2. The molecule has 21 heavy (non-hydrogen) atoms. The van der Waals surface area contributed by atoms with E-state index in [0.717, 1.165) is 10.2 Å². The predicted octanol–water partition coefficient (Wildman–Crippen LogP) is 4.61. The van der Waals surface area contributed by atoms with E-state index in [1.54, 1.807) is 6.07 Å². The predicted molar refractivity (Wildman–Crippen MR) is 89.3 cm³/mol. The smallest absolute Gasteiger partial charge is 0.239 e. The van der Waals surface area contributed by atoms with Gasteiger partial charge in [-0.1, -0.05) is 11.6 Å². The Bertz CT molecular complexity index is 661. The summed E-state index contributed by atoms with van der Waals surface area (Å²) in [5.74, 6) is 1.83. The van der Waals surface area contributed by atoms with Crippen molar-refractivity contribution in [2.24, 2.45) is 5.92 Å². The summed E-state index contributed by atoms with van der Waals surface area (Å²) in [6, 6.07) is 9.21. The highest BCUT2D eigenvalue weighted by Crippen LogP contribution is 2.31. The topological polar surface area (TPSA) is 60.2 Å². The monoisotopic (exact) mass is 367 g/mol. The minimum absolute atomic E-state index is 0.486. The largest absolute Gasteiger partial charge is 0.476 e. The summed E-state index contributed by atoms with van der Waals surface area (Å²) in [7, 11) is 0. The highest BCUT2D eigenvalue weighted by Gasteiger charge is 2.22. The van der Waals surface area contributed by atoms with Crippen LogP contribution in [0.25, 0.3) is 0 Å². The summed E-state index contributed by atoms with van der Waals surface area (Å²) in [5.41, 5.74) is 7.33. The number of nitrogens with one attached hydrogen (secondary N) is 1. The number of pyridine rings is 1. The summed E-state index contributed by atoms with van der Waals surface area (Å²) in [5, 5.41) is 3.87. The Morgan fingerprint density at radius 1 is 1.33 bits per heavy atom. The van der Waals surface area contributed by atoms with Crippen molar-refractivity contribution in [3.63, 3.8) is 0 Å². The van der Waals surface area contributed by atoms with Crippen LogP contribution in [0.1, 0.15) is 12.8 Å². The Balaban J connectivity index is 1.74. The van der Waals surface area contributed by atoms with E-state index in [1.807, 2.05) is 24.3 Å². The summed E-state index contributed by atoms with van der Waals surface area (Å²) < 4.78 is 6.50. The molecule has 0 atom stereocenters. The van der Waals surface area contributed by atoms with Gasteiger partial charge in [0.05, 0.1) is 17.3 Å². The van der Waals surface area contributed by atoms with E-state index in [2.05, 4.69) is 26.2 Å². The van der Waals surface area contributed by atoms with Gasteiger partial charge in [-0.25, -0.2) is 0 Å². The van der Waals surface area contributed by atoms with Gasteiger partial charge < -0.3 is 15.8 Å². The van der Waals surface area contributed by atoms with Gasteiger partial charge in [-0.15, -0.1) is 0 Å².